The van der Waals surface area contributed by atoms with Crippen LogP contribution >= 0.6 is 12.6 Å². The van der Waals surface area contributed by atoms with Crippen LogP contribution in [-0.4, -0.2) is 40.2 Å². The summed E-state index contributed by atoms with van der Waals surface area (Å²) < 4.78 is 5.24. The fraction of sp³-hybridized carbons (Fsp3) is 0.346. The lowest BCUT2D eigenvalue weighted by Gasteiger charge is -2.30. The summed E-state index contributed by atoms with van der Waals surface area (Å²) in [7, 11) is 0. The average Bonchev–Trinajstić information content (AvgIpc) is 2.79. The van der Waals surface area contributed by atoms with Crippen molar-refractivity contribution in [3.63, 3.8) is 0 Å². The molecular formula is C26H31N3O4S. The molecule has 0 bridgehead atoms. The molecule has 0 radical (unpaired) electrons. The molecule has 0 saturated heterocycles. The number of nitrogens with one attached hydrogen (secondary N) is 2. The predicted octanol–water partition coefficient (Wildman–Crippen LogP) is 3.59. The molecule has 0 aliphatic heterocycles. The van der Waals surface area contributed by atoms with Crippen LogP contribution in [-0.2, 0) is 20.9 Å². The molecule has 8 heteroatoms. The molecule has 2 rings (SSSR count). The minimum absolute atomic E-state index is 0.0392. The van der Waals surface area contributed by atoms with Crippen LogP contribution in [0.1, 0.15) is 43.5 Å². The normalized spacial score (nSPS) is 12.6. The van der Waals surface area contributed by atoms with Crippen LogP contribution in [0.5, 0.6) is 0 Å². The first-order chi connectivity index (χ1) is 16.1. The van der Waals surface area contributed by atoms with Crippen LogP contribution in [0.3, 0.4) is 0 Å². The molecule has 2 N–H and O–H groups in total. The second-order valence-corrected chi connectivity index (χ2v) is 9.10. The number of benzene rings is 2. The smallest absolute Gasteiger partial charge is 0.408 e. The number of ether oxygens (including phenoxy) is 1. The van der Waals surface area contributed by atoms with Crippen LogP contribution in [0.2, 0.25) is 0 Å². The van der Waals surface area contributed by atoms with E-state index in [0.29, 0.717) is 5.56 Å². The van der Waals surface area contributed by atoms with Gasteiger partial charge in [0.15, 0.2) is 0 Å². The number of amides is 3. The van der Waals surface area contributed by atoms with E-state index in [1.807, 2.05) is 49.4 Å². The Balaban J connectivity index is 2.31. The fourth-order valence-electron chi connectivity index (χ4n) is 3.12. The van der Waals surface area contributed by atoms with Crippen molar-refractivity contribution in [2.75, 3.05) is 5.75 Å². The zero-order valence-electron chi connectivity index (χ0n) is 19.9. The van der Waals surface area contributed by atoms with Gasteiger partial charge in [-0.15, -0.1) is 0 Å². The monoisotopic (exact) mass is 481 g/mol. The predicted molar refractivity (Wildman–Crippen MR) is 135 cm³/mol. The summed E-state index contributed by atoms with van der Waals surface area (Å²) in [6.07, 6.45) is 4.94. The Hall–Kier alpha value is -3.44. The van der Waals surface area contributed by atoms with E-state index in [1.165, 1.54) is 0 Å². The van der Waals surface area contributed by atoms with Gasteiger partial charge in [-0.1, -0.05) is 66.6 Å². The number of hydrogen-bond donors (Lipinski definition) is 3. The van der Waals surface area contributed by atoms with Crippen molar-refractivity contribution in [1.82, 2.24) is 15.5 Å². The maximum absolute atomic E-state index is 13.4. The van der Waals surface area contributed by atoms with Gasteiger partial charge in [0.05, 0.1) is 0 Å². The zero-order valence-corrected chi connectivity index (χ0v) is 20.8. The Labute approximate surface area is 206 Å². The summed E-state index contributed by atoms with van der Waals surface area (Å²) in [5, 5.41) is 5.35. The van der Waals surface area contributed by atoms with Crippen molar-refractivity contribution in [3.8, 4) is 12.5 Å². The number of thiol groups is 1. The van der Waals surface area contributed by atoms with Crippen LogP contribution < -0.4 is 10.6 Å². The summed E-state index contributed by atoms with van der Waals surface area (Å²) in [6, 6.07) is 16.7. The number of nitrogens with zero attached hydrogens (tertiary/aromatic N) is 1. The zero-order chi connectivity index (χ0) is 25.3. The Morgan fingerprint density at radius 2 is 1.71 bits per heavy atom. The Morgan fingerprint density at radius 1 is 1.09 bits per heavy atom. The van der Waals surface area contributed by atoms with Gasteiger partial charge in [-0.2, -0.15) is 12.6 Å². The topological polar surface area (TPSA) is 87.7 Å². The van der Waals surface area contributed by atoms with E-state index in [1.54, 1.807) is 32.9 Å². The van der Waals surface area contributed by atoms with Gasteiger partial charge < -0.3 is 15.4 Å². The lowest BCUT2D eigenvalue weighted by molar-refractivity contribution is -0.138. The summed E-state index contributed by atoms with van der Waals surface area (Å²) in [6.45, 7) is 7.31. The molecule has 2 unspecified atom stereocenters. The van der Waals surface area contributed by atoms with Crippen molar-refractivity contribution in [2.45, 2.75) is 51.9 Å². The molecular weight excluding hydrogens is 450 g/mol. The second kappa shape index (κ2) is 12.1. The molecule has 2 aromatic carbocycles. The molecule has 7 nitrogen and oxygen atoms in total. The number of carbonyl (C=O) groups is 3. The molecule has 0 saturated carbocycles. The van der Waals surface area contributed by atoms with Gasteiger partial charge in [0.2, 0.25) is 5.91 Å². The Morgan fingerprint density at radius 3 is 2.24 bits per heavy atom. The molecule has 2 aromatic rings. The molecule has 0 aliphatic carbocycles. The molecule has 0 aromatic heterocycles. The average molecular weight is 482 g/mol. The third-order valence-electron chi connectivity index (χ3n) is 4.76. The number of terminal acetylenes is 1. The van der Waals surface area contributed by atoms with Gasteiger partial charge in [-0.25, -0.2) is 4.79 Å². The van der Waals surface area contributed by atoms with Crippen LogP contribution in [0.25, 0.3) is 0 Å². The van der Waals surface area contributed by atoms with Gasteiger partial charge in [0.25, 0.3) is 5.91 Å². The quantitative estimate of drug-likeness (QED) is 0.305. The lowest BCUT2D eigenvalue weighted by Crippen LogP contribution is -2.52. The van der Waals surface area contributed by atoms with Crippen LogP contribution in [0.15, 0.2) is 54.6 Å². The van der Waals surface area contributed by atoms with Crippen LogP contribution in [0, 0.1) is 19.4 Å². The third-order valence-corrected chi connectivity index (χ3v) is 5.12. The maximum atomic E-state index is 13.4. The highest BCUT2D eigenvalue weighted by atomic mass is 32.1. The Bertz CT molecular complexity index is 1030. The highest BCUT2D eigenvalue weighted by Gasteiger charge is 2.35. The minimum atomic E-state index is -1.11. The first-order valence-electron chi connectivity index (χ1n) is 10.8. The van der Waals surface area contributed by atoms with E-state index >= 15 is 0 Å². The maximum Gasteiger partial charge on any atom is 0.408 e. The van der Waals surface area contributed by atoms with Crippen molar-refractivity contribution in [2.24, 2.45) is 0 Å². The first-order valence-corrected chi connectivity index (χ1v) is 11.5. The molecule has 180 valence electrons. The summed E-state index contributed by atoms with van der Waals surface area (Å²) >= 11 is 4.20. The van der Waals surface area contributed by atoms with E-state index in [9.17, 15) is 14.4 Å². The highest BCUT2D eigenvalue weighted by Crippen LogP contribution is 2.23. The molecule has 2 atom stereocenters. The van der Waals surface area contributed by atoms with E-state index < -0.39 is 35.6 Å². The molecule has 0 aliphatic rings. The minimum Gasteiger partial charge on any atom is -0.444 e. The van der Waals surface area contributed by atoms with Gasteiger partial charge in [-0.3, -0.25) is 14.5 Å². The summed E-state index contributed by atoms with van der Waals surface area (Å²) in [5.74, 6) is -1.14. The fourth-order valence-corrected chi connectivity index (χ4v) is 3.36. The largest absolute Gasteiger partial charge is 0.444 e. The van der Waals surface area contributed by atoms with E-state index in [4.69, 9.17) is 11.2 Å². The van der Waals surface area contributed by atoms with E-state index in [0.717, 1.165) is 16.0 Å². The number of carbonyl (C=O) groups excluding carboxylic acids is 3. The van der Waals surface area contributed by atoms with E-state index in [-0.39, 0.29) is 12.3 Å². The summed E-state index contributed by atoms with van der Waals surface area (Å²) in [5.41, 5.74) is 1.68. The first kappa shape index (κ1) is 26.8. The number of rotatable bonds is 8. The number of aryl methyl sites for hydroxylation is 1. The van der Waals surface area contributed by atoms with E-state index in [2.05, 4.69) is 29.3 Å². The number of alkyl carbamates (subject to hydrolysis) is 1. The molecule has 0 spiro atoms. The molecule has 0 heterocycles. The molecule has 34 heavy (non-hydrogen) atoms. The van der Waals surface area contributed by atoms with Gasteiger partial charge in [-0.05, 0) is 38.8 Å². The lowest BCUT2D eigenvalue weighted by atomic mass is 10.0. The van der Waals surface area contributed by atoms with Crippen LogP contribution in [0.4, 0.5) is 4.79 Å². The van der Waals surface area contributed by atoms with Crippen molar-refractivity contribution in [3.05, 3.63) is 71.3 Å². The van der Waals surface area contributed by atoms with Gasteiger partial charge in [0.1, 0.15) is 17.7 Å². The number of hydrogen-bond acceptors (Lipinski definition) is 5. The van der Waals surface area contributed by atoms with Crippen molar-refractivity contribution < 1.29 is 19.1 Å². The summed E-state index contributed by atoms with van der Waals surface area (Å²) in [4.78, 5) is 39.9. The highest BCUT2D eigenvalue weighted by molar-refractivity contribution is 7.80. The Kier molecular flexibility index (Phi) is 9.58. The standard InChI is InChI=1S/C26H31N3O4S/c1-6-29(24(31)21(17-34)28-25(32)33-26(3,4)5)22(20-14-12-18(2)13-15-20)23(30)27-16-19-10-8-7-9-11-19/h1,7-15,21-22,34H,16-17H2,2-5H3,(H,27,30)(H,28,32). The second-order valence-electron chi connectivity index (χ2n) is 8.74. The molecule has 0 fully saturated rings. The van der Waals surface area contributed by atoms with Gasteiger partial charge >= 0.3 is 6.09 Å². The molecule has 3 amide bonds. The SMILES string of the molecule is C#CN(C(=O)C(CS)NC(=O)OC(C)(C)C)C(C(=O)NCc1ccccc1)c1ccc(C)cc1. The third kappa shape index (κ3) is 7.85. The van der Waals surface area contributed by atoms with Crippen molar-refractivity contribution >= 4 is 30.5 Å². The van der Waals surface area contributed by atoms with Gasteiger partial charge in [0, 0.05) is 18.3 Å². The van der Waals surface area contributed by atoms with Crippen molar-refractivity contribution in [1.29, 1.82) is 0 Å².